The lowest BCUT2D eigenvalue weighted by atomic mass is 10.1. The summed E-state index contributed by atoms with van der Waals surface area (Å²) in [6.45, 7) is 2.49. The summed E-state index contributed by atoms with van der Waals surface area (Å²) < 4.78 is 34.2. The van der Waals surface area contributed by atoms with Crippen molar-refractivity contribution in [2.75, 3.05) is 22.0 Å². The van der Waals surface area contributed by atoms with Crippen LogP contribution in [0.15, 0.2) is 89.0 Å². The number of carbonyl (C=O) groups is 1. The predicted molar refractivity (Wildman–Crippen MR) is 149 cm³/mol. The van der Waals surface area contributed by atoms with Crippen molar-refractivity contribution >= 4 is 50.7 Å². The summed E-state index contributed by atoms with van der Waals surface area (Å²) in [6.07, 6.45) is 1.30. The number of benzene rings is 3. The highest BCUT2D eigenvalue weighted by Gasteiger charge is 2.37. The SMILES string of the molecule is CCOc1ccccc1NC(=O)CSc1ncc2c(n1)-c1cc(Cl)ccc1N(Cc1ccccc1)S2(=O)=O. The molecule has 1 N–H and O–H groups in total. The van der Waals surface area contributed by atoms with Crippen molar-refractivity contribution in [1.29, 1.82) is 0 Å². The molecule has 8 nitrogen and oxygen atoms in total. The van der Waals surface area contributed by atoms with Gasteiger partial charge in [-0.1, -0.05) is 65.8 Å². The van der Waals surface area contributed by atoms with Crippen molar-refractivity contribution < 1.29 is 17.9 Å². The van der Waals surface area contributed by atoms with Crippen LogP contribution in [0.4, 0.5) is 11.4 Å². The van der Waals surface area contributed by atoms with Gasteiger partial charge in [0, 0.05) is 10.6 Å². The topological polar surface area (TPSA) is 101 Å². The number of hydrogen-bond acceptors (Lipinski definition) is 7. The van der Waals surface area contributed by atoms with Crippen LogP contribution in [0.5, 0.6) is 5.75 Å². The second-order valence-electron chi connectivity index (χ2n) is 8.29. The number of para-hydroxylation sites is 2. The summed E-state index contributed by atoms with van der Waals surface area (Å²) in [5, 5.41) is 3.56. The summed E-state index contributed by atoms with van der Waals surface area (Å²) in [5.74, 6) is 0.333. The Morgan fingerprint density at radius 2 is 1.84 bits per heavy atom. The van der Waals surface area contributed by atoms with Crippen molar-refractivity contribution in [1.82, 2.24) is 9.97 Å². The predicted octanol–water partition coefficient (Wildman–Crippen LogP) is 5.64. The number of nitrogens with one attached hydrogen (secondary N) is 1. The molecule has 1 aromatic heterocycles. The van der Waals surface area contributed by atoms with Crippen LogP contribution >= 0.6 is 23.4 Å². The van der Waals surface area contributed by atoms with Crippen LogP contribution in [0.25, 0.3) is 11.3 Å². The smallest absolute Gasteiger partial charge is 0.268 e. The number of anilines is 2. The minimum atomic E-state index is -3.94. The Bertz CT molecular complexity index is 1600. The molecule has 0 aliphatic carbocycles. The van der Waals surface area contributed by atoms with Crippen LogP contribution in [-0.4, -0.2) is 36.7 Å². The molecule has 1 amide bonds. The van der Waals surface area contributed by atoms with Crippen LogP contribution in [0.1, 0.15) is 12.5 Å². The van der Waals surface area contributed by atoms with E-state index in [0.717, 1.165) is 17.3 Å². The molecule has 0 radical (unpaired) electrons. The summed E-state index contributed by atoms with van der Waals surface area (Å²) in [5.41, 5.74) is 2.72. The summed E-state index contributed by atoms with van der Waals surface area (Å²) in [4.78, 5) is 21.4. The fourth-order valence-corrected chi connectivity index (χ4v) is 6.40. The Kier molecular flexibility index (Phi) is 7.55. The molecule has 0 bridgehead atoms. The van der Waals surface area contributed by atoms with Crippen LogP contribution in [0, 0.1) is 0 Å². The number of aromatic nitrogens is 2. The maximum absolute atomic E-state index is 13.7. The first-order chi connectivity index (χ1) is 18.4. The van der Waals surface area contributed by atoms with Crippen LogP contribution in [-0.2, 0) is 21.4 Å². The average molecular weight is 567 g/mol. The highest BCUT2D eigenvalue weighted by molar-refractivity contribution is 7.99. The fourth-order valence-electron chi connectivity index (χ4n) is 4.06. The maximum atomic E-state index is 13.7. The van der Waals surface area contributed by atoms with Crippen molar-refractivity contribution in [3.63, 3.8) is 0 Å². The lowest BCUT2D eigenvalue weighted by Gasteiger charge is -2.31. The molecular formula is C27H23ClN4O4S2. The first-order valence-corrected chi connectivity index (χ1v) is 14.6. The van der Waals surface area contributed by atoms with E-state index >= 15 is 0 Å². The van der Waals surface area contributed by atoms with E-state index in [2.05, 4.69) is 15.3 Å². The molecule has 0 atom stereocenters. The molecule has 0 unspecified atom stereocenters. The third-order valence-corrected chi connectivity index (χ3v) is 8.60. The highest BCUT2D eigenvalue weighted by atomic mass is 35.5. The number of rotatable bonds is 8. The van der Waals surface area contributed by atoms with E-state index < -0.39 is 10.0 Å². The van der Waals surface area contributed by atoms with Gasteiger partial charge < -0.3 is 10.1 Å². The van der Waals surface area contributed by atoms with Gasteiger partial charge in [0.05, 0.1) is 42.2 Å². The Balaban J connectivity index is 1.41. The molecule has 0 saturated heterocycles. The van der Waals surface area contributed by atoms with Gasteiger partial charge in [-0.15, -0.1) is 0 Å². The number of thioether (sulfide) groups is 1. The van der Waals surface area contributed by atoms with E-state index in [9.17, 15) is 13.2 Å². The third-order valence-electron chi connectivity index (χ3n) is 5.75. The molecule has 38 heavy (non-hydrogen) atoms. The van der Waals surface area contributed by atoms with Gasteiger partial charge in [0.1, 0.15) is 10.6 Å². The molecule has 5 rings (SSSR count). The number of ether oxygens (including phenoxy) is 1. The van der Waals surface area contributed by atoms with Gasteiger partial charge in [-0.05, 0) is 42.8 Å². The van der Waals surface area contributed by atoms with Crippen LogP contribution in [0.3, 0.4) is 0 Å². The van der Waals surface area contributed by atoms with E-state index in [1.807, 2.05) is 49.4 Å². The fraction of sp³-hybridized carbons (Fsp3) is 0.148. The zero-order valence-corrected chi connectivity index (χ0v) is 22.7. The molecule has 1 aliphatic rings. The van der Waals surface area contributed by atoms with E-state index in [-0.39, 0.29) is 34.0 Å². The Labute approximate surface area is 230 Å². The Morgan fingerprint density at radius 1 is 1.08 bits per heavy atom. The largest absolute Gasteiger partial charge is 0.492 e. The summed E-state index contributed by atoms with van der Waals surface area (Å²) in [7, 11) is -3.94. The van der Waals surface area contributed by atoms with Gasteiger partial charge in [-0.25, -0.2) is 18.4 Å². The monoisotopic (exact) mass is 566 g/mol. The van der Waals surface area contributed by atoms with Gasteiger partial charge in [-0.2, -0.15) is 0 Å². The third kappa shape index (κ3) is 5.33. The van der Waals surface area contributed by atoms with Gasteiger partial charge >= 0.3 is 0 Å². The first-order valence-electron chi connectivity index (χ1n) is 11.7. The number of hydrogen-bond donors (Lipinski definition) is 1. The Hall–Kier alpha value is -3.60. The number of sulfonamides is 1. The Morgan fingerprint density at radius 3 is 2.63 bits per heavy atom. The molecule has 4 aromatic rings. The van der Waals surface area contributed by atoms with E-state index in [0.29, 0.717) is 34.3 Å². The zero-order chi connectivity index (χ0) is 26.7. The number of fused-ring (bicyclic) bond motifs is 3. The average Bonchev–Trinajstić information content (AvgIpc) is 2.92. The quantitative estimate of drug-likeness (QED) is 0.218. The molecule has 2 heterocycles. The summed E-state index contributed by atoms with van der Waals surface area (Å²) >= 11 is 7.40. The first kappa shape index (κ1) is 26.0. The number of carbonyl (C=O) groups excluding carboxylic acids is 1. The molecule has 11 heteroatoms. The van der Waals surface area contributed by atoms with Crippen LogP contribution < -0.4 is 14.4 Å². The van der Waals surface area contributed by atoms with Gasteiger partial charge in [-0.3, -0.25) is 9.10 Å². The van der Waals surface area contributed by atoms with Crippen molar-refractivity contribution in [2.24, 2.45) is 0 Å². The minimum Gasteiger partial charge on any atom is -0.492 e. The molecule has 194 valence electrons. The molecular weight excluding hydrogens is 544 g/mol. The van der Waals surface area contributed by atoms with Crippen molar-refractivity contribution in [3.05, 3.63) is 89.6 Å². The number of amides is 1. The molecule has 3 aromatic carbocycles. The van der Waals surface area contributed by atoms with E-state index in [4.69, 9.17) is 16.3 Å². The lowest BCUT2D eigenvalue weighted by molar-refractivity contribution is -0.113. The second kappa shape index (κ2) is 11.0. The summed E-state index contributed by atoms with van der Waals surface area (Å²) in [6, 6.07) is 21.5. The van der Waals surface area contributed by atoms with E-state index in [1.54, 1.807) is 30.3 Å². The van der Waals surface area contributed by atoms with Gasteiger partial charge in [0.25, 0.3) is 10.0 Å². The maximum Gasteiger partial charge on any atom is 0.268 e. The van der Waals surface area contributed by atoms with E-state index in [1.165, 1.54) is 10.5 Å². The number of nitrogens with zero attached hydrogens (tertiary/aromatic N) is 3. The number of halogens is 1. The van der Waals surface area contributed by atoms with Gasteiger partial charge in [0.2, 0.25) is 5.91 Å². The van der Waals surface area contributed by atoms with Gasteiger partial charge in [0.15, 0.2) is 5.16 Å². The molecule has 0 fully saturated rings. The van der Waals surface area contributed by atoms with Crippen molar-refractivity contribution in [2.45, 2.75) is 23.5 Å². The zero-order valence-electron chi connectivity index (χ0n) is 20.3. The molecule has 0 saturated carbocycles. The van der Waals surface area contributed by atoms with Crippen LogP contribution in [0.2, 0.25) is 5.02 Å². The normalized spacial score (nSPS) is 13.4. The molecule has 0 spiro atoms. The second-order valence-corrected chi connectivity index (χ2v) is 11.5. The minimum absolute atomic E-state index is 0.0114. The standard InChI is InChI=1S/C27H23ClN4O4S2/c1-2-36-23-11-7-6-10-21(23)30-25(33)17-37-27-29-15-24-26(31-27)20-14-19(28)12-13-22(20)32(38(24,34)35)16-18-8-4-3-5-9-18/h3-15H,2,16-17H2,1H3,(H,30,33). The van der Waals surface area contributed by atoms with Crippen molar-refractivity contribution in [3.8, 4) is 17.0 Å². The highest BCUT2D eigenvalue weighted by Crippen LogP contribution is 2.44. The lowest BCUT2D eigenvalue weighted by Crippen LogP contribution is -2.34. The molecule has 1 aliphatic heterocycles.